The van der Waals surface area contributed by atoms with Crippen LogP contribution in [0, 0.1) is 11.3 Å². The zero-order chi connectivity index (χ0) is 14.8. The minimum atomic E-state index is -0.618. The monoisotopic (exact) mass is 268 g/mol. The van der Waals surface area contributed by atoms with Crippen LogP contribution in [-0.4, -0.2) is 16.6 Å². The molecule has 1 heterocycles. The summed E-state index contributed by atoms with van der Waals surface area (Å²) in [6, 6.07) is 11.5. The van der Waals surface area contributed by atoms with Crippen molar-refractivity contribution in [2.45, 2.75) is 26.4 Å². The van der Waals surface area contributed by atoms with Gasteiger partial charge in [0.1, 0.15) is 17.2 Å². The van der Waals surface area contributed by atoms with E-state index < -0.39 is 11.6 Å². The Morgan fingerprint density at radius 2 is 2.05 bits per heavy atom. The number of para-hydroxylation sites is 1. The number of esters is 1. The van der Waals surface area contributed by atoms with Gasteiger partial charge in [0.2, 0.25) is 0 Å². The number of hydrogen-bond donors (Lipinski definition) is 1. The smallest absolute Gasteiger partial charge is 0.349 e. The normalized spacial score (nSPS) is 12.2. The standard InChI is InChI=1S/C16H16N2O2/c1-16(2,3)20-15(19)12(10-17)9-13-8-11-6-4-5-7-14(11)18-13/h4-9,18H,1-3H3/b12-9+. The minimum Gasteiger partial charge on any atom is -0.456 e. The maximum absolute atomic E-state index is 11.9. The summed E-state index contributed by atoms with van der Waals surface area (Å²) >= 11 is 0. The van der Waals surface area contributed by atoms with Crippen molar-refractivity contribution >= 4 is 22.9 Å². The number of benzene rings is 1. The van der Waals surface area contributed by atoms with Gasteiger partial charge in [-0.15, -0.1) is 0 Å². The lowest BCUT2D eigenvalue weighted by Crippen LogP contribution is -2.24. The van der Waals surface area contributed by atoms with E-state index in [4.69, 9.17) is 10.00 Å². The van der Waals surface area contributed by atoms with Crippen molar-refractivity contribution in [3.8, 4) is 6.07 Å². The predicted molar refractivity (Wildman–Crippen MR) is 77.7 cm³/mol. The number of fused-ring (bicyclic) bond motifs is 1. The molecule has 0 aliphatic carbocycles. The third kappa shape index (κ3) is 3.27. The molecule has 0 amide bonds. The van der Waals surface area contributed by atoms with E-state index >= 15 is 0 Å². The van der Waals surface area contributed by atoms with E-state index in [9.17, 15) is 4.79 Å². The third-order valence-corrected chi connectivity index (χ3v) is 2.59. The molecule has 0 saturated carbocycles. The Kier molecular flexibility index (Phi) is 3.62. The van der Waals surface area contributed by atoms with Crippen molar-refractivity contribution in [2.75, 3.05) is 0 Å². The van der Waals surface area contributed by atoms with Crippen molar-refractivity contribution in [3.63, 3.8) is 0 Å². The summed E-state index contributed by atoms with van der Waals surface area (Å²) < 4.78 is 5.19. The molecule has 0 radical (unpaired) electrons. The summed E-state index contributed by atoms with van der Waals surface area (Å²) in [5.41, 5.74) is 1.02. The van der Waals surface area contributed by atoms with Crippen LogP contribution in [0.15, 0.2) is 35.9 Å². The molecular weight excluding hydrogens is 252 g/mol. The Balaban J connectivity index is 2.31. The number of hydrogen-bond acceptors (Lipinski definition) is 3. The van der Waals surface area contributed by atoms with Gasteiger partial charge >= 0.3 is 5.97 Å². The molecule has 4 nitrogen and oxygen atoms in total. The molecule has 0 bridgehead atoms. The van der Waals surface area contributed by atoms with Crippen LogP contribution >= 0.6 is 0 Å². The average Bonchev–Trinajstić information content (AvgIpc) is 2.75. The average molecular weight is 268 g/mol. The molecule has 0 aliphatic heterocycles. The summed E-state index contributed by atoms with van der Waals surface area (Å²) in [7, 11) is 0. The maximum Gasteiger partial charge on any atom is 0.349 e. The molecule has 2 rings (SSSR count). The molecule has 2 aromatic rings. The van der Waals surface area contributed by atoms with Gasteiger partial charge in [-0.25, -0.2) is 4.79 Å². The lowest BCUT2D eigenvalue weighted by Gasteiger charge is -2.18. The highest BCUT2D eigenvalue weighted by Gasteiger charge is 2.19. The molecule has 0 saturated heterocycles. The lowest BCUT2D eigenvalue weighted by atomic mass is 10.1. The van der Waals surface area contributed by atoms with E-state index in [0.29, 0.717) is 5.69 Å². The number of nitrogens with one attached hydrogen (secondary N) is 1. The highest BCUT2D eigenvalue weighted by Crippen LogP contribution is 2.18. The number of aromatic nitrogens is 1. The van der Waals surface area contributed by atoms with Crippen molar-refractivity contribution < 1.29 is 9.53 Å². The number of rotatable bonds is 2. The zero-order valence-corrected chi connectivity index (χ0v) is 11.7. The van der Waals surface area contributed by atoms with Gasteiger partial charge in [-0.3, -0.25) is 0 Å². The second-order valence-corrected chi connectivity index (χ2v) is 5.48. The van der Waals surface area contributed by atoms with Crippen LogP contribution in [0.2, 0.25) is 0 Å². The Bertz CT molecular complexity index is 679. The number of H-pyrrole nitrogens is 1. The minimum absolute atomic E-state index is 0.0218. The van der Waals surface area contributed by atoms with E-state index in [-0.39, 0.29) is 5.57 Å². The van der Waals surface area contributed by atoms with E-state index in [0.717, 1.165) is 10.9 Å². The van der Waals surface area contributed by atoms with Crippen LogP contribution in [0.4, 0.5) is 0 Å². The summed E-state index contributed by atoms with van der Waals surface area (Å²) in [6.45, 7) is 5.30. The molecule has 1 aromatic heterocycles. The quantitative estimate of drug-likeness (QED) is 0.515. The second kappa shape index (κ2) is 5.22. The third-order valence-electron chi connectivity index (χ3n) is 2.59. The fraction of sp³-hybridized carbons (Fsp3) is 0.250. The second-order valence-electron chi connectivity index (χ2n) is 5.48. The van der Waals surface area contributed by atoms with Crippen LogP contribution in [0.5, 0.6) is 0 Å². The van der Waals surface area contributed by atoms with Crippen molar-refractivity contribution in [3.05, 3.63) is 41.6 Å². The molecule has 1 aromatic carbocycles. The van der Waals surface area contributed by atoms with E-state index in [1.807, 2.05) is 36.4 Å². The van der Waals surface area contributed by atoms with Gasteiger partial charge in [-0.05, 0) is 44.4 Å². The number of aromatic amines is 1. The van der Waals surface area contributed by atoms with Gasteiger partial charge in [-0.2, -0.15) is 5.26 Å². The van der Waals surface area contributed by atoms with Crippen LogP contribution in [0.3, 0.4) is 0 Å². The van der Waals surface area contributed by atoms with Crippen LogP contribution in [0.25, 0.3) is 17.0 Å². The highest BCUT2D eigenvalue weighted by molar-refractivity contribution is 5.98. The number of nitriles is 1. The van der Waals surface area contributed by atoms with Crippen LogP contribution in [0.1, 0.15) is 26.5 Å². The zero-order valence-electron chi connectivity index (χ0n) is 11.7. The van der Waals surface area contributed by atoms with E-state index in [1.165, 1.54) is 6.08 Å². The van der Waals surface area contributed by atoms with Gasteiger partial charge < -0.3 is 9.72 Å². The number of carbonyl (C=O) groups excluding carboxylic acids is 1. The Morgan fingerprint density at radius 1 is 1.35 bits per heavy atom. The Labute approximate surface area is 117 Å². The van der Waals surface area contributed by atoms with Gasteiger partial charge in [0, 0.05) is 11.2 Å². The molecule has 4 heteroatoms. The predicted octanol–water partition coefficient (Wildman–Crippen LogP) is 3.42. The number of ether oxygens (including phenoxy) is 1. The van der Waals surface area contributed by atoms with Gasteiger partial charge in [0.15, 0.2) is 0 Å². The Morgan fingerprint density at radius 3 is 2.65 bits per heavy atom. The van der Waals surface area contributed by atoms with Gasteiger partial charge in [0.25, 0.3) is 0 Å². The Hall–Kier alpha value is -2.54. The van der Waals surface area contributed by atoms with Gasteiger partial charge in [-0.1, -0.05) is 18.2 Å². The van der Waals surface area contributed by atoms with E-state index in [1.54, 1.807) is 20.8 Å². The SMILES string of the molecule is CC(C)(C)OC(=O)/C(C#N)=C/c1cc2ccccc2[nH]1. The van der Waals surface area contributed by atoms with Crippen molar-refractivity contribution in [1.82, 2.24) is 4.98 Å². The van der Waals surface area contributed by atoms with Crippen LogP contribution in [-0.2, 0) is 9.53 Å². The lowest BCUT2D eigenvalue weighted by molar-refractivity contribution is -0.149. The molecule has 102 valence electrons. The van der Waals surface area contributed by atoms with Crippen molar-refractivity contribution in [1.29, 1.82) is 5.26 Å². The molecule has 0 fully saturated rings. The molecule has 20 heavy (non-hydrogen) atoms. The summed E-state index contributed by atoms with van der Waals surface area (Å²) in [5, 5.41) is 10.1. The van der Waals surface area contributed by atoms with Crippen LogP contribution < -0.4 is 0 Å². The summed E-state index contributed by atoms with van der Waals surface area (Å²) in [5.74, 6) is -0.612. The number of carbonyl (C=O) groups is 1. The molecule has 0 atom stereocenters. The van der Waals surface area contributed by atoms with E-state index in [2.05, 4.69) is 4.98 Å². The summed E-state index contributed by atoms with van der Waals surface area (Å²) in [6.07, 6.45) is 1.51. The topological polar surface area (TPSA) is 65.9 Å². The summed E-state index contributed by atoms with van der Waals surface area (Å²) in [4.78, 5) is 15.0. The maximum atomic E-state index is 11.9. The fourth-order valence-corrected chi connectivity index (χ4v) is 1.80. The van der Waals surface area contributed by atoms with Gasteiger partial charge in [0.05, 0.1) is 0 Å². The molecular formula is C16H16N2O2. The largest absolute Gasteiger partial charge is 0.456 e. The highest BCUT2D eigenvalue weighted by atomic mass is 16.6. The number of nitrogens with zero attached hydrogens (tertiary/aromatic N) is 1. The van der Waals surface area contributed by atoms with Crippen molar-refractivity contribution in [2.24, 2.45) is 0 Å². The fourth-order valence-electron chi connectivity index (χ4n) is 1.80. The first kappa shape index (κ1) is 13.9. The molecule has 0 spiro atoms. The molecule has 1 N–H and O–H groups in total. The molecule has 0 unspecified atom stereocenters. The first-order chi connectivity index (χ1) is 9.39. The first-order valence-electron chi connectivity index (χ1n) is 6.32. The molecule has 0 aliphatic rings. The first-order valence-corrected chi connectivity index (χ1v) is 6.32.